The molecule has 0 aliphatic rings. The van der Waals surface area contributed by atoms with Crippen molar-refractivity contribution in [2.45, 2.75) is 6.92 Å². The predicted octanol–water partition coefficient (Wildman–Crippen LogP) is 0.349. The van der Waals surface area contributed by atoms with E-state index in [0.29, 0.717) is 0 Å². The molecule has 1 rings (SSSR count). The third-order valence-corrected chi connectivity index (χ3v) is 2.02. The molecule has 4 nitrogen and oxygen atoms in total. The summed E-state index contributed by atoms with van der Waals surface area (Å²) in [5.41, 5.74) is 11.6. The lowest BCUT2D eigenvalue weighted by atomic mass is 10.1. The quantitative estimate of drug-likeness (QED) is 0.423. The Bertz CT molecular complexity index is 420. The van der Waals surface area contributed by atoms with Gasteiger partial charge < -0.3 is 11.5 Å². The van der Waals surface area contributed by atoms with E-state index in [1.54, 1.807) is 12.1 Å². The highest BCUT2D eigenvalue weighted by molar-refractivity contribution is 6.20. The molecule has 0 unspecified atom stereocenters. The van der Waals surface area contributed by atoms with Crippen LogP contribution in [0.4, 0.5) is 0 Å². The van der Waals surface area contributed by atoms with Crippen LogP contribution in [-0.4, -0.2) is 11.8 Å². The van der Waals surface area contributed by atoms with E-state index in [0.717, 1.165) is 11.1 Å². The summed E-state index contributed by atoms with van der Waals surface area (Å²) in [7, 11) is 0. The van der Waals surface area contributed by atoms with E-state index in [-0.39, 0.29) is 5.57 Å². The summed E-state index contributed by atoms with van der Waals surface area (Å²) in [6, 6.07) is 7.31. The Morgan fingerprint density at radius 3 is 2.13 bits per heavy atom. The number of hydrogen-bond acceptors (Lipinski definition) is 2. The molecule has 0 spiro atoms. The lowest BCUT2D eigenvalue weighted by Crippen LogP contribution is -2.25. The highest BCUT2D eigenvalue weighted by Crippen LogP contribution is 2.11. The van der Waals surface area contributed by atoms with E-state index in [1.807, 2.05) is 19.1 Å². The number of rotatable bonds is 3. The molecule has 78 valence electrons. The van der Waals surface area contributed by atoms with Gasteiger partial charge in [-0.15, -0.1) is 0 Å². The predicted molar refractivity (Wildman–Crippen MR) is 57.5 cm³/mol. The first-order valence-electron chi connectivity index (χ1n) is 4.39. The van der Waals surface area contributed by atoms with Crippen LogP contribution in [0.3, 0.4) is 0 Å². The Hall–Kier alpha value is -2.10. The highest BCUT2D eigenvalue weighted by Gasteiger charge is 2.11. The first-order valence-corrected chi connectivity index (χ1v) is 4.39. The van der Waals surface area contributed by atoms with E-state index in [2.05, 4.69) is 0 Å². The molecule has 0 fully saturated rings. The molecule has 0 radical (unpaired) electrons. The van der Waals surface area contributed by atoms with Crippen molar-refractivity contribution in [3.63, 3.8) is 0 Å². The van der Waals surface area contributed by atoms with Crippen LogP contribution in [-0.2, 0) is 9.59 Å². The maximum atomic E-state index is 10.9. The Morgan fingerprint density at radius 1 is 1.13 bits per heavy atom. The van der Waals surface area contributed by atoms with Crippen LogP contribution >= 0.6 is 0 Å². The first kappa shape index (κ1) is 11.0. The number of amides is 2. The summed E-state index contributed by atoms with van der Waals surface area (Å²) in [6.45, 7) is 1.87. The van der Waals surface area contributed by atoms with Gasteiger partial charge in [-0.3, -0.25) is 9.59 Å². The molecular weight excluding hydrogens is 192 g/mol. The van der Waals surface area contributed by atoms with Gasteiger partial charge in [0.15, 0.2) is 0 Å². The van der Waals surface area contributed by atoms with Crippen molar-refractivity contribution in [3.05, 3.63) is 41.0 Å². The monoisotopic (exact) mass is 204 g/mol. The molecule has 0 saturated carbocycles. The number of aryl methyl sites for hydroxylation is 1. The van der Waals surface area contributed by atoms with E-state index in [4.69, 9.17) is 11.5 Å². The standard InChI is InChI=1S/C11H12N2O2/c1-7-4-2-3-5-8(7)6-9(10(12)14)11(13)15/h2-6H,1H3,(H2,12,14)(H2,13,15). The zero-order chi connectivity index (χ0) is 11.4. The minimum absolute atomic E-state index is 0.190. The van der Waals surface area contributed by atoms with E-state index in [1.165, 1.54) is 6.08 Å². The Labute approximate surface area is 87.6 Å². The van der Waals surface area contributed by atoms with Gasteiger partial charge in [-0.2, -0.15) is 0 Å². The molecule has 4 N–H and O–H groups in total. The van der Waals surface area contributed by atoms with Crippen LogP contribution in [0.1, 0.15) is 11.1 Å². The number of nitrogens with two attached hydrogens (primary N) is 2. The summed E-state index contributed by atoms with van der Waals surface area (Å²) >= 11 is 0. The van der Waals surface area contributed by atoms with E-state index in [9.17, 15) is 9.59 Å². The Morgan fingerprint density at radius 2 is 1.67 bits per heavy atom. The van der Waals surface area contributed by atoms with Gasteiger partial charge >= 0.3 is 0 Å². The molecule has 0 bridgehead atoms. The van der Waals surface area contributed by atoms with E-state index >= 15 is 0 Å². The Balaban J connectivity index is 3.19. The average molecular weight is 204 g/mol. The number of carbonyl (C=O) groups excluding carboxylic acids is 2. The van der Waals surface area contributed by atoms with Gasteiger partial charge in [0.05, 0.1) is 0 Å². The van der Waals surface area contributed by atoms with Crippen molar-refractivity contribution < 1.29 is 9.59 Å². The summed E-state index contributed by atoms with van der Waals surface area (Å²) in [5, 5.41) is 0. The second-order valence-corrected chi connectivity index (χ2v) is 3.14. The molecule has 1 aromatic rings. The second kappa shape index (κ2) is 4.41. The topological polar surface area (TPSA) is 86.2 Å². The number of hydrogen-bond donors (Lipinski definition) is 2. The highest BCUT2D eigenvalue weighted by atomic mass is 16.2. The van der Waals surface area contributed by atoms with Crippen molar-refractivity contribution in [2.24, 2.45) is 11.5 Å². The fraction of sp³-hybridized carbons (Fsp3) is 0.0909. The van der Waals surface area contributed by atoms with Crippen LogP contribution < -0.4 is 11.5 Å². The van der Waals surface area contributed by atoms with Crippen molar-refractivity contribution in [3.8, 4) is 0 Å². The van der Waals surface area contributed by atoms with Gasteiger partial charge in [0, 0.05) is 0 Å². The first-order chi connectivity index (χ1) is 7.02. The molecular formula is C11H12N2O2. The fourth-order valence-electron chi connectivity index (χ4n) is 1.17. The molecule has 0 aliphatic heterocycles. The number of benzene rings is 1. The summed E-state index contributed by atoms with van der Waals surface area (Å²) in [4.78, 5) is 21.8. The molecule has 15 heavy (non-hydrogen) atoms. The third kappa shape index (κ3) is 2.67. The van der Waals surface area contributed by atoms with Gasteiger partial charge in [-0.1, -0.05) is 24.3 Å². The van der Waals surface area contributed by atoms with Crippen LogP contribution in [0.15, 0.2) is 29.8 Å². The zero-order valence-corrected chi connectivity index (χ0v) is 8.36. The molecule has 0 heterocycles. The van der Waals surface area contributed by atoms with Gasteiger partial charge in [-0.25, -0.2) is 0 Å². The lowest BCUT2D eigenvalue weighted by Gasteiger charge is -2.01. The molecule has 0 atom stereocenters. The van der Waals surface area contributed by atoms with Crippen molar-refractivity contribution in [1.29, 1.82) is 0 Å². The summed E-state index contributed by atoms with van der Waals surface area (Å²) in [6.07, 6.45) is 1.40. The maximum Gasteiger partial charge on any atom is 0.254 e. The van der Waals surface area contributed by atoms with Gasteiger partial charge in [0.25, 0.3) is 11.8 Å². The summed E-state index contributed by atoms with van der Waals surface area (Å²) < 4.78 is 0. The van der Waals surface area contributed by atoms with Gasteiger partial charge in [-0.05, 0) is 24.1 Å². The zero-order valence-electron chi connectivity index (χ0n) is 8.36. The molecule has 0 saturated heterocycles. The fourth-order valence-corrected chi connectivity index (χ4v) is 1.17. The van der Waals surface area contributed by atoms with Crippen LogP contribution in [0.25, 0.3) is 6.08 Å². The molecule has 1 aromatic carbocycles. The Kier molecular flexibility index (Phi) is 3.23. The smallest absolute Gasteiger partial charge is 0.254 e. The third-order valence-electron chi connectivity index (χ3n) is 2.02. The normalized spacial score (nSPS) is 9.40. The SMILES string of the molecule is Cc1ccccc1C=C(C(N)=O)C(N)=O. The molecule has 4 heteroatoms. The van der Waals surface area contributed by atoms with Crippen molar-refractivity contribution >= 4 is 17.9 Å². The largest absolute Gasteiger partial charge is 0.365 e. The van der Waals surface area contributed by atoms with Gasteiger partial charge in [0.1, 0.15) is 5.57 Å². The minimum Gasteiger partial charge on any atom is -0.365 e. The molecule has 0 aliphatic carbocycles. The summed E-state index contributed by atoms with van der Waals surface area (Å²) in [5.74, 6) is -1.63. The van der Waals surface area contributed by atoms with E-state index < -0.39 is 11.8 Å². The molecule has 0 aromatic heterocycles. The molecule has 2 amide bonds. The van der Waals surface area contributed by atoms with Crippen LogP contribution in [0.5, 0.6) is 0 Å². The maximum absolute atomic E-state index is 10.9. The number of primary amides is 2. The van der Waals surface area contributed by atoms with Crippen molar-refractivity contribution in [2.75, 3.05) is 0 Å². The lowest BCUT2D eigenvalue weighted by molar-refractivity contribution is -0.120. The average Bonchev–Trinajstić information content (AvgIpc) is 2.15. The number of carbonyl (C=O) groups is 2. The van der Waals surface area contributed by atoms with Crippen LogP contribution in [0, 0.1) is 6.92 Å². The van der Waals surface area contributed by atoms with Crippen LogP contribution in [0.2, 0.25) is 0 Å². The van der Waals surface area contributed by atoms with Gasteiger partial charge in [0.2, 0.25) is 0 Å². The second-order valence-electron chi connectivity index (χ2n) is 3.14. The minimum atomic E-state index is -0.814. The van der Waals surface area contributed by atoms with Crippen molar-refractivity contribution in [1.82, 2.24) is 0 Å².